The summed E-state index contributed by atoms with van der Waals surface area (Å²) in [6.07, 6.45) is 0. The molecule has 0 aliphatic heterocycles. The summed E-state index contributed by atoms with van der Waals surface area (Å²) in [4.78, 5) is 1.22. The van der Waals surface area contributed by atoms with Crippen molar-refractivity contribution in [3.05, 3.63) is 52.6 Å². The molecular weight excluding hydrogens is 444 g/mol. The van der Waals surface area contributed by atoms with Gasteiger partial charge in [-0.25, -0.2) is 0 Å². The van der Waals surface area contributed by atoms with Crippen molar-refractivity contribution in [1.82, 2.24) is 5.32 Å². The van der Waals surface area contributed by atoms with Gasteiger partial charge in [0.15, 0.2) is 0 Å². The quantitative estimate of drug-likeness (QED) is 0.611. The fourth-order valence-corrected chi connectivity index (χ4v) is 4.40. The molecule has 2 rings (SSSR count). The van der Waals surface area contributed by atoms with Crippen LogP contribution in [0.4, 0.5) is 0 Å². The largest absolute Gasteiger partial charge is 0.309 e. The highest BCUT2D eigenvalue weighted by Gasteiger charge is 2.19. The molecule has 0 fully saturated rings. The molecule has 0 saturated heterocycles. The molecule has 1 heterocycles. The van der Waals surface area contributed by atoms with Crippen molar-refractivity contribution in [2.45, 2.75) is 13.0 Å². The van der Waals surface area contributed by atoms with Gasteiger partial charge in [-0.05, 0) is 69.7 Å². The fourth-order valence-electron chi connectivity index (χ4n) is 1.85. The maximum Gasteiger partial charge on any atom is 0.0888 e. The maximum absolute atomic E-state index is 6.12. The van der Waals surface area contributed by atoms with Crippen LogP contribution < -0.4 is 5.32 Å². The predicted octanol–water partition coefficient (Wildman–Crippen LogP) is 5.39. The summed E-state index contributed by atoms with van der Waals surface area (Å²) in [5.74, 6) is 0. The molecule has 1 atom stereocenters. The van der Waals surface area contributed by atoms with Gasteiger partial charge >= 0.3 is 0 Å². The first-order chi connectivity index (χ1) is 8.54. The van der Waals surface area contributed by atoms with E-state index in [0.29, 0.717) is 0 Å². The number of hydrogen-bond donors (Lipinski definition) is 1. The Hall–Kier alpha value is 0.380. The molecule has 0 radical (unpaired) electrons. The molecule has 5 heteroatoms. The van der Waals surface area contributed by atoms with Crippen molar-refractivity contribution in [3.8, 4) is 0 Å². The molecule has 96 valence electrons. The third-order valence-electron chi connectivity index (χ3n) is 2.77. The lowest BCUT2D eigenvalue weighted by Crippen LogP contribution is -2.17. The van der Waals surface area contributed by atoms with Gasteiger partial charge in [-0.15, -0.1) is 11.3 Å². The van der Waals surface area contributed by atoms with E-state index in [2.05, 4.69) is 69.0 Å². The minimum Gasteiger partial charge on any atom is -0.309 e. The minimum absolute atomic E-state index is 0.186. The predicted molar refractivity (Wildman–Crippen MR) is 91.8 cm³/mol. The molecule has 0 spiro atoms. The van der Waals surface area contributed by atoms with Crippen molar-refractivity contribution in [2.75, 3.05) is 7.05 Å². The van der Waals surface area contributed by atoms with Crippen LogP contribution in [0, 0.1) is 10.5 Å². The number of nitrogens with one attached hydrogen (secondary N) is 1. The van der Waals surface area contributed by atoms with Crippen LogP contribution in [0.5, 0.6) is 0 Å². The summed E-state index contributed by atoms with van der Waals surface area (Å²) < 4.78 is 2.29. The fraction of sp³-hybridized carbons (Fsp3) is 0.231. The maximum atomic E-state index is 6.12. The average Bonchev–Trinajstić information content (AvgIpc) is 2.66. The normalized spacial score (nSPS) is 12.7. The van der Waals surface area contributed by atoms with Gasteiger partial charge in [-0.1, -0.05) is 29.8 Å². The number of halogens is 3. The van der Waals surface area contributed by atoms with Crippen LogP contribution in [0.3, 0.4) is 0 Å². The van der Waals surface area contributed by atoms with Gasteiger partial charge in [0.25, 0.3) is 0 Å². The summed E-state index contributed by atoms with van der Waals surface area (Å²) in [6.45, 7) is 2.13. The third kappa shape index (κ3) is 2.93. The highest BCUT2D eigenvalue weighted by molar-refractivity contribution is 14.1. The molecule has 1 aromatic carbocycles. The molecule has 1 unspecified atom stereocenters. The highest BCUT2D eigenvalue weighted by atomic mass is 127. The van der Waals surface area contributed by atoms with E-state index >= 15 is 0 Å². The molecule has 0 amide bonds. The van der Waals surface area contributed by atoms with Gasteiger partial charge in [-0.3, -0.25) is 0 Å². The first-order valence-electron chi connectivity index (χ1n) is 5.41. The Morgan fingerprint density at radius 2 is 2.17 bits per heavy atom. The number of aryl methyl sites for hydroxylation is 1. The molecule has 0 aliphatic rings. The van der Waals surface area contributed by atoms with E-state index in [1.807, 2.05) is 13.1 Å². The molecular formula is C13H12BrClINS. The van der Waals surface area contributed by atoms with Crippen molar-refractivity contribution >= 4 is 61.5 Å². The van der Waals surface area contributed by atoms with Gasteiger partial charge in [0, 0.05) is 8.45 Å². The van der Waals surface area contributed by atoms with Crippen LogP contribution in [0.15, 0.2) is 28.1 Å². The zero-order chi connectivity index (χ0) is 13.3. The number of hydrogen-bond acceptors (Lipinski definition) is 2. The first-order valence-corrected chi connectivity index (χ1v) is 8.48. The second-order valence-electron chi connectivity index (χ2n) is 3.97. The Bertz CT molecular complexity index is 551. The van der Waals surface area contributed by atoms with E-state index in [9.17, 15) is 0 Å². The zero-order valence-corrected chi connectivity index (χ0v) is 15.2. The van der Waals surface area contributed by atoms with Crippen LogP contribution in [0.2, 0.25) is 5.02 Å². The van der Waals surface area contributed by atoms with E-state index in [0.717, 1.165) is 8.81 Å². The number of thiophene rings is 1. The van der Waals surface area contributed by atoms with Crippen LogP contribution in [0.25, 0.3) is 0 Å². The standard InChI is InChI=1S/C13H12BrClINS/c1-7-4-3-5-8(11(7)16)12(17-2)10-6-9(15)13(14)18-10/h3-6,12,17H,1-2H3. The summed E-state index contributed by atoms with van der Waals surface area (Å²) >= 11 is 13.7. The van der Waals surface area contributed by atoms with Crippen molar-refractivity contribution in [1.29, 1.82) is 0 Å². The van der Waals surface area contributed by atoms with Crippen LogP contribution in [0.1, 0.15) is 22.0 Å². The molecule has 1 N–H and O–H groups in total. The Kier molecular flexibility index (Phi) is 5.11. The lowest BCUT2D eigenvalue weighted by atomic mass is 10.0. The van der Waals surface area contributed by atoms with E-state index < -0.39 is 0 Å². The average molecular weight is 457 g/mol. The van der Waals surface area contributed by atoms with Crippen LogP contribution >= 0.6 is 61.5 Å². The van der Waals surface area contributed by atoms with Crippen molar-refractivity contribution in [3.63, 3.8) is 0 Å². The topological polar surface area (TPSA) is 12.0 Å². The van der Waals surface area contributed by atoms with Gasteiger partial charge in [0.05, 0.1) is 14.9 Å². The van der Waals surface area contributed by atoms with E-state index in [1.165, 1.54) is 19.6 Å². The Morgan fingerprint density at radius 3 is 2.72 bits per heavy atom. The Labute approximate surface area is 138 Å². The summed E-state index contributed by atoms with van der Waals surface area (Å²) in [6, 6.07) is 8.61. The van der Waals surface area contributed by atoms with E-state index in [1.54, 1.807) is 11.3 Å². The number of benzene rings is 1. The summed E-state index contributed by atoms with van der Waals surface area (Å²) in [5, 5.41) is 4.15. The van der Waals surface area contributed by atoms with Gasteiger partial charge < -0.3 is 5.32 Å². The molecule has 0 saturated carbocycles. The van der Waals surface area contributed by atoms with Crippen molar-refractivity contribution < 1.29 is 0 Å². The second-order valence-corrected chi connectivity index (χ2v) is 7.86. The molecule has 18 heavy (non-hydrogen) atoms. The Balaban J connectivity index is 2.48. The number of rotatable bonds is 3. The van der Waals surface area contributed by atoms with Crippen LogP contribution in [-0.4, -0.2) is 7.05 Å². The monoisotopic (exact) mass is 455 g/mol. The van der Waals surface area contributed by atoms with E-state index in [-0.39, 0.29) is 6.04 Å². The zero-order valence-electron chi connectivity index (χ0n) is 9.93. The Morgan fingerprint density at radius 1 is 1.44 bits per heavy atom. The molecule has 1 aromatic heterocycles. The minimum atomic E-state index is 0.186. The van der Waals surface area contributed by atoms with Gasteiger partial charge in [0.2, 0.25) is 0 Å². The first kappa shape index (κ1) is 14.8. The third-order valence-corrected chi connectivity index (χ3v) is 6.78. The van der Waals surface area contributed by atoms with Gasteiger partial charge in [-0.2, -0.15) is 0 Å². The smallest absolute Gasteiger partial charge is 0.0888 e. The molecule has 0 aliphatic carbocycles. The summed E-state index contributed by atoms with van der Waals surface area (Å²) in [5.41, 5.74) is 2.60. The lowest BCUT2D eigenvalue weighted by Gasteiger charge is -2.17. The van der Waals surface area contributed by atoms with E-state index in [4.69, 9.17) is 11.6 Å². The van der Waals surface area contributed by atoms with Crippen molar-refractivity contribution in [2.24, 2.45) is 0 Å². The molecule has 1 nitrogen and oxygen atoms in total. The van der Waals surface area contributed by atoms with Crippen LogP contribution in [-0.2, 0) is 0 Å². The van der Waals surface area contributed by atoms with Gasteiger partial charge in [0.1, 0.15) is 0 Å². The summed E-state index contributed by atoms with van der Waals surface area (Å²) in [7, 11) is 1.98. The lowest BCUT2D eigenvalue weighted by molar-refractivity contribution is 0.700. The second kappa shape index (κ2) is 6.22. The molecule has 0 bridgehead atoms. The highest BCUT2D eigenvalue weighted by Crippen LogP contribution is 2.38. The SMILES string of the molecule is CNC(c1cc(Cl)c(Br)s1)c1cccc(C)c1I. The molecule has 2 aromatic rings.